The highest BCUT2D eigenvalue weighted by Crippen LogP contribution is 2.21. The first-order chi connectivity index (χ1) is 10.1. The molecule has 0 radical (unpaired) electrons. The molecule has 0 saturated heterocycles. The van der Waals surface area contributed by atoms with Crippen molar-refractivity contribution >= 4 is 17.3 Å². The van der Waals surface area contributed by atoms with Crippen LogP contribution in [0.1, 0.15) is 0 Å². The second-order valence-corrected chi connectivity index (χ2v) is 4.77. The van der Waals surface area contributed by atoms with Crippen molar-refractivity contribution in [3.05, 3.63) is 69.9 Å². The first-order valence-corrected chi connectivity index (χ1v) is 6.44. The summed E-state index contributed by atoms with van der Waals surface area (Å²) < 4.78 is 1.56. The minimum absolute atomic E-state index is 0.0387. The topological polar surface area (TPSA) is 73.8 Å². The maximum atomic E-state index is 10.6. The number of nitrogens with zero attached hydrogens (tertiary/aromatic N) is 4. The molecule has 0 saturated carbocycles. The number of rotatable bonds is 3. The number of nitro groups is 1. The molecule has 104 valence electrons. The van der Waals surface area contributed by atoms with Crippen molar-refractivity contribution in [2.45, 2.75) is 0 Å². The summed E-state index contributed by atoms with van der Waals surface area (Å²) >= 11 is 5.84. The molecule has 0 aliphatic heterocycles. The molecule has 0 aliphatic rings. The van der Waals surface area contributed by atoms with Gasteiger partial charge in [0.1, 0.15) is 5.69 Å². The summed E-state index contributed by atoms with van der Waals surface area (Å²) in [5.41, 5.74) is 2.34. The van der Waals surface area contributed by atoms with Gasteiger partial charge in [0.05, 0.1) is 16.8 Å². The molecule has 0 N–H and O–H groups in total. The van der Waals surface area contributed by atoms with Crippen LogP contribution in [0.15, 0.2) is 54.7 Å². The Morgan fingerprint density at radius 1 is 1.05 bits per heavy atom. The van der Waals surface area contributed by atoms with Crippen LogP contribution in [0.3, 0.4) is 0 Å². The van der Waals surface area contributed by atoms with Crippen LogP contribution in [0.25, 0.3) is 16.9 Å². The van der Waals surface area contributed by atoms with Gasteiger partial charge in [-0.15, -0.1) is 5.10 Å². The van der Waals surface area contributed by atoms with Gasteiger partial charge < -0.3 is 0 Å². The van der Waals surface area contributed by atoms with Gasteiger partial charge in [0.2, 0.25) is 0 Å². The minimum Gasteiger partial charge on any atom is -0.258 e. The largest absolute Gasteiger partial charge is 0.269 e. The lowest BCUT2D eigenvalue weighted by Gasteiger charge is -1.99. The second kappa shape index (κ2) is 5.34. The molecule has 0 spiro atoms. The van der Waals surface area contributed by atoms with E-state index in [4.69, 9.17) is 11.6 Å². The predicted molar refractivity (Wildman–Crippen MR) is 78.5 cm³/mol. The van der Waals surface area contributed by atoms with Gasteiger partial charge in [0.25, 0.3) is 5.69 Å². The average Bonchev–Trinajstić information content (AvgIpc) is 2.98. The number of hydrogen-bond donors (Lipinski definition) is 0. The van der Waals surface area contributed by atoms with E-state index in [0.717, 1.165) is 5.56 Å². The highest BCUT2D eigenvalue weighted by atomic mass is 35.5. The Morgan fingerprint density at radius 2 is 1.71 bits per heavy atom. The molecule has 0 unspecified atom stereocenters. The molecule has 6 nitrogen and oxygen atoms in total. The Balaban J connectivity index is 1.90. The van der Waals surface area contributed by atoms with Crippen LogP contribution < -0.4 is 0 Å². The number of hydrogen-bond acceptors (Lipinski definition) is 4. The summed E-state index contributed by atoms with van der Waals surface area (Å²) in [4.78, 5) is 10.2. The predicted octanol–water partition coefficient (Wildman–Crippen LogP) is 3.50. The number of benzene rings is 2. The second-order valence-electron chi connectivity index (χ2n) is 4.33. The summed E-state index contributed by atoms with van der Waals surface area (Å²) in [5.74, 6) is 0. The van der Waals surface area contributed by atoms with Gasteiger partial charge in [-0.05, 0) is 24.3 Å². The van der Waals surface area contributed by atoms with E-state index in [1.54, 1.807) is 35.1 Å². The Bertz CT molecular complexity index is 781. The fraction of sp³-hybridized carbons (Fsp3) is 0. The fourth-order valence-electron chi connectivity index (χ4n) is 1.87. The zero-order chi connectivity index (χ0) is 14.8. The van der Waals surface area contributed by atoms with E-state index >= 15 is 0 Å². The lowest BCUT2D eigenvalue weighted by Crippen LogP contribution is -1.95. The van der Waals surface area contributed by atoms with Gasteiger partial charge in [-0.2, -0.15) is 0 Å². The van der Waals surface area contributed by atoms with E-state index in [0.29, 0.717) is 16.4 Å². The molecular weight excluding hydrogens is 292 g/mol. The molecule has 3 aromatic rings. The van der Waals surface area contributed by atoms with Crippen LogP contribution in [-0.4, -0.2) is 19.9 Å². The van der Waals surface area contributed by atoms with Gasteiger partial charge in [-0.25, -0.2) is 4.68 Å². The molecule has 0 fully saturated rings. The summed E-state index contributed by atoms with van der Waals surface area (Å²) in [7, 11) is 0. The Kier molecular flexibility index (Phi) is 3.37. The highest BCUT2D eigenvalue weighted by molar-refractivity contribution is 6.30. The molecular formula is C14H9ClN4O2. The summed E-state index contributed by atoms with van der Waals surface area (Å²) in [6.07, 6.45) is 1.75. The van der Waals surface area contributed by atoms with Crippen molar-refractivity contribution in [3.63, 3.8) is 0 Å². The molecule has 21 heavy (non-hydrogen) atoms. The number of halogens is 1. The smallest absolute Gasteiger partial charge is 0.258 e. The number of aromatic nitrogens is 3. The third kappa shape index (κ3) is 2.75. The number of non-ortho nitro benzene ring substituents is 1. The van der Waals surface area contributed by atoms with Gasteiger partial charge in [-0.1, -0.05) is 28.9 Å². The zero-order valence-corrected chi connectivity index (χ0v) is 11.4. The Labute approximate surface area is 124 Å². The third-order valence-electron chi connectivity index (χ3n) is 2.96. The zero-order valence-electron chi connectivity index (χ0n) is 10.7. The summed E-state index contributed by atoms with van der Waals surface area (Å²) in [6, 6.07) is 13.4. The van der Waals surface area contributed by atoms with Crippen LogP contribution >= 0.6 is 11.6 Å². The Hall–Kier alpha value is -2.73. The van der Waals surface area contributed by atoms with E-state index in [-0.39, 0.29) is 5.69 Å². The van der Waals surface area contributed by atoms with Crippen LogP contribution in [0.5, 0.6) is 0 Å². The van der Waals surface area contributed by atoms with Gasteiger partial charge in [0.15, 0.2) is 0 Å². The molecule has 1 aromatic heterocycles. The van der Waals surface area contributed by atoms with Gasteiger partial charge in [0, 0.05) is 22.7 Å². The number of nitro benzene ring substituents is 1. The van der Waals surface area contributed by atoms with Crippen molar-refractivity contribution in [2.24, 2.45) is 0 Å². The molecule has 3 rings (SSSR count). The first kappa shape index (κ1) is 13.3. The standard InChI is InChI=1S/C14H9ClN4O2/c15-11-3-1-10(2-4-11)14-9-18(17-16-14)12-5-7-13(8-6-12)19(20)21/h1-9H. The average molecular weight is 301 g/mol. The quantitative estimate of drug-likeness (QED) is 0.548. The molecule has 0 amide bonds. The molecule has 0 atom stereocenters. The molecule has 1 heterocycles. The normalized spacial score (nSPS) is 10.5. The molecule has 0 bridgehead atoms. The maximum absolute atomic E-state index is 10.6. The van der Waals surface area contributed by atoms with Crippen molar-refractivity contribution in [3.8, 4) is 16.9 Å². The van der Waals surface area contributed by atoms with Crippen LogP contribution in [0.4, 0.5) is 5.69 Å². The van der Waals surface area contributed by atoms with Gasteiger partial charge >= 0.3 is 0 Å². The van der Waals surface area contributed by atoms with Crippen molar-refractivity contribution in [1.29, 1.82) is 0 Å². The van der Waals surface area contributed by atoms with Crippen LogP contribution in [0.2, 0.25) is 5.02 Å². The van der Waals surface area contributed by atoms with Crippen LogP contribution in [0, 0.1) is 10.1 Å². The fourth-order valence-corrected chi connectivity index (χ4v) is 2.00. The van der Waals surface area contributed by atoms with Crippen LogP contribution in [-0.2, 0) is 0 Å². The van der Waals surface area contributed by atoms with Crippen molar-refractivity contribution < 1.29 is 4.92 Å². The van der Waals surface area contributed by atoms with Crippen molar-refractivity contribution in [2.75, 3.05) is 0 Å². The SMILES string of the molecule is O=[N+]([O-])c1ccc(-n2cc(-c3ccc(Cl)cc3)nn2)cc1. The Morgan fingerprint density at radius 3 is 2.33 bits per heavy atom. The lowest BCUT2D eigenvalue weighted by molar-refractivity contribution is -0.384. The van der Waals surface area contributed by atoms with E-state index in [9.17, 15) is 10.1 Å². The lowest BCUT2D eigenvalue weighted by atomic mass is 10.2. The molecule has 2 aromatic carbocycles. The first-order valence-electron chi connectivity index (χ1n) is 6.06. The third-order valence-corrected chi connectivity index (χ3v) is 3.21. The van der Waals surface area contributed by atoms with Gasteiger partial charge in [-0.3, -0.25) is 10.1 Å². The minimum atomic E-state index is -0.440. The monoisotopic (exact) mass is 300 g/mol. The maximum Gasteiger partial charge on any atom is 0.269 e. The highest BCUT2D eigenvalue weighted by Gasteiger charge is 2.08. The van der Waals surface area contributed by atoms with E-state index < -0.39 is 4.92 Å². The van der Waals surface area contributed by atoms with E-state index in [2.05, 4.69) is 10.3 Å². The van der Waals surface area contributed by atoms with Crippen molar-refractivity contribution in [1.82, 2.24) is 15.0 Å². The van der Waals surface area contributed by atoms with E-state index in [1.807, 2.05) is 12.1 Å². The van der Waals surface area contributed by atoms with E-state index in [1.165, 1.54) is 12.1 Å². The summed E-state index contributed by atoms with van der Waals surface area (Å²) in [5, 5.41) is 19.4. The molecule has 0 aliphatic carbocycles. The molecule has 7 heteroatoms. The summed E-state index contributed by atoms with van der Waals surface area (Å²) in [6.45, 7) is 0.